The first-order valence-electron chi connectivity index (χ1n) is 9.11. The normalized spacial score (nSPS) is 12.7. The molecule has 2 aromatic rings. The van der Waals surface area contributed by atoms with Crippen molar-refractivity contribution in [3.63, 3.8) is 0 Å². The summed E-state index contributed by atoms with van der Waals surface area (Å²) >= 11 is 1.15. The first-order chi connectivity index (χ1) is 15.0. The number of fused-ring (bicyclic) bond motifs is 1. The lowest BCUT2D eigenvalue weighted by Crippen LogP contribution is -2.29. The van der Waals surface area contributed by atoms with E-state index in [1.165, 1.54) is 0 Å². The molecule has 1 aromatic carbocycles. The molecule has 1 amide bonds. The zero-order valence-electron chi connectivity index (χ0n) is 16.4. The van der Waals surface area contributed by atoms with Crippen LogP contribution in [0.15, 0.2) is 45.8 Å². The Morgan fingerprint density at radius 3 is 2.71 bits per heavy atom. The summed E-state index contributed by atoms with van der Waals surface area (Å²) in [6, 6.07) is 8.61. The summed E-state index contributed by atoms with van der Waals surface area (Å²) in [5.41, 5.74) is -0.502. The highest BCUT2D eigenvalue weighted by Gasteiger charge is 2.36. The molecule has 10 nitrogen and oxygen atoms in total. The van der Waals surface area contributed by atoms with Gasteiger partial charge < -0.3 is 18.7 Å². The average molecular weight is 446 g/mol. The van der Waals surface area contributed by atoms with Crippen LogP contribution in [0, 0.1) is 0 Å². The summed E-state index contributed by atoms with van der Waals surface area (Å²) in [6.45, 7) is 0.267. The smallest absolute Gasteiger partial charge is 0.414 e. The fourth-order valence-electron chi connectivity index (χ4n) is 2.54. The van der Waals surface area contributed by atoms with E-state index >= 15 is 0 Å². The Labute approximate surface area is 180 Å². The molecule has 3 rings (SSSR count). The van der Waals surface area contributed by atoms with Gasteiger partial charge in [0.1, 0.15) is 18.0 Å². The molecule has 1 aliphatic carbocycles. The van der Waals surface area contributed by atoms with Crippen LogP contribution in [0.2, 0.25) is 0 Å². The maximum atomic E-state index is 12.6. The van der Waals surface area contributed by atoms with Crippen LogP contribution in [-0.4, -0.2) is 55.0 Å². The lowest BCUT2D eigenvalue weighted by atomic mass is 10.00. The number of carbonyl (C=O) groups is 4. The average Bonchev–Trinajstić information content (AvgIpc) is 3.22. The number of aromatic nitrogens is 1. The number of hydrogen-bond acceptors (Lipinski definition) is 10. The van der Waals surface area contributed by atoms with Crippen molar-refractivity contribution in [2.45, 2.75) is 6.42 Å². The van der Waals surface area contributed by atoms with Gasteiger partial charge in [0, 0.05) is 18.4 Å². The molecule has 0 unspecified atom stereocenters. The fourth-order valence-corrected chi connectivity index (χ4v) is 3.45. The Morgan fingerprint density at radius 1 is 1.19 bits per heavy atom. The molecule has 0 spiro atoms. The van der Waals surface area contributed by atoms with Gasteiger partial charge in [-0.15, -0.1) is 11.8 Å². The Bertz CT molecular complexity index is 1020. The molecule has 162 valence electrons. The molecule has 0 atom stereocenters. The Kier molecular flexibility index (Phi) is 7.57. The maximum absolute atomic E-state index is 12.6. The van der Waals surface area contributed by atoms with E-state index in [9.17, 15) is 19.2 Å². The third-order valence-corrected chi connectivity index (χ3v) is 5.08. The van der Waals surface area contributed by atoms with Gasteiger partial charge in [-0.3, -0.25) is 14.9 Å². The molecule has 1 aromatic heterocycles. The molecule has 0 saturated heterocycles. The van der Waals surface area contributed by atoms with E-state index in [0.29, 0.717) is 24.5 Å². The molecule has 1 heterocycles. The number of hydrogen-bond donors (Lipinski definition) is 1. The van der Waals surface area contributed by atoms with Crippen molar-refractivity contribution >= 4 is 35.4 Å². The summed E-state index contributed by atoms with van der Waals surface area (Å²) in [5, 5.41) is 5.93. The van der Waals surface area contributed by atoms with Crippen LogP contribution in [-0.2, 0) is 9.47 Å². The van der Waals surface area contributed by atoms with Crippen molar-refractivity contribution in [2.75, 3.05) is 26.2 Å². The molecular weight excluding hydrogens is 428 g/mol. The van der Waals surface area contributed by atoms with Crippen molar-refractivity contribution in [3.8, 4) is 5.75 Å². The van der Waals surface area contributed by atoms with Crippen molar-refractivity contribution in [1.29, 1.82) is 0 Å². The van der Waals surface area contributed by atoms with Crippen LogP contribution >= 0.6 is 11.8 Å². The number of benzene rings is 1. The molecule has 0 saturated carbocycles. The molecule has 1 aliphatic rings. The minimum Gasteiger partial charge on any atom is -0.464 e. The highest BCUT2D eigenvalue weighted by atomic mass is 32.2. The van der Waals surface area contributed by atoms with Crippen LogP contribution < -0.4 is 10.1 Å². The minimum atomic E-state index is -0.857. The quantitative estimate of drug-likeness (QED) is 0.348. The molecule has 1 N–H and O–H groups in total. The first kappa shape index (κ1) is 22.2. The van der Waals surface area contributed by atoms with E-state index in [-0.39, 0.29) is 28.7 Å². The van der Waals surface area contributed by atoms with Crippen LogP contribution in [0.1, 0.15) is 37.8 Å². The Morgan fingerprint density at radius 2 is 1.97 bits per heavy atom. The van der Waals surface area contributed by atoms with Crippen molar-refractivity contribution in [2.24, 2.45) is 0 Å². The fraction of sp³-hybridized carbons (Fsp3) is 0.250. The first-order valence-corrected chi connectivity index (χ1v) is 10.1. The van der Waals surface area contributed by atoms with Crippen molar-refractivity contribution < 1.29 is 37.9 Å². The molecule has 0 radical (unpaired) electrons. The van der Waals surface area contributed by atoms with Gasteiger partial charge >= 0.3 is 12.1 Å². The van der Waals surface area contributed by atoms with E-state index in [1.807, 2.05) is 6.07 Å². The largest absolute Gasteiger partial charge is 0.464 e. The van der Waals surface area contributed by atoms with Gasteiger partial charge in [0.2, 0.25) is 23.0 Å². The molecular formula is C20H18N2O8S. The second-order valence-electron chi connectivity index (χ2n) is 6.06. The van der Waals surface area contributed by atoms with Crippen molar-refractivity contribution in [1.82, 2.24) is 10.5 Å². The summed E-state index contributed by atoms with van der Waals surface area (Å²) in [6.07, 6.45) is 1.06. The highest BCUT2D eigenvalue weighted by molar-refractivity contribution is 8.04. The van der Waals surface area contributed by atoms with Gasteiger partial charge in [0.15, 0.2) is 0 Å². The van der Waals surface area contributed by atoms with E-state index in [1.54, 1.807) is 24.3 Å². The third-order valence-electron chi connectivity index (χ3n) is 3.97. The summed E-state index contributed by atoms with van der Waals surface area (Å²) in [7, 11) is 1.14. The van der Waals surface area contributed by atoms with E-state index in [4.69, 9.17) is 14.0 Å². The molecule has 0 bridgehead atoms. The summed E-state index contributed by atoms with van der Waals surface area (Å²) in [4.78, 5) is 48.3. The highest BCUT2D eigenvalue weighted by Crippen LogP contribution is 2.31. The van der Waals surface area contributed by atoms with Gasteiger partial charge in [-0.2, -0.15) is 0 Å². The number of nitrogens with one attached hydrogen (secondary N) is 1. The van der Waals surface area contributed by atoms with Crippen LogP contribution in [0.3, 0.4) is 0 Å². The van der Waals surface area contributed by atoms with Crippen LogP contribution in [0.4, 0.5) is 4.79 Å². The van der Waals surface area contributed by atoms with E-state index in [2.05, 4.69) is 15.2 Å². The number of amides is 1. The lowest BCUT2D eigenvalue weighted by molar-refractivity contribution is 0.0586. The third kappa shape index (κ3) is 5.58. The standard InChI is InChI=1S/C20H18N2O8S/c1-27-19(25)16-15-17(24)14(10-13(23)18(15)30-22-16)31-9-5-8-28-11-21-20(26)29-12-6-3-2-4-7-12/h2-4,6-7,10H,5,8-9,11H2,1H3,(H,21,26). The molecule has 11 heteroatoms. The van der Waals surface area contributed by atoms with Gasteiger partial charge in [-0.1, -0.05) is 23.4 Å². The number of thioether (sulfide) groups is 1. The zero-order chi connectivity index (χ0) is 22.2. The summed E-state index contributed by atoms with van der Waals surface area (Å²) in [5.74, 6) is -1.31. The lowest BCUT2D eigenvalue weighted by Gasteiger charge is -2.11. The topological polar surface area (TPSA) is 134 Å². The van der Waals surface area contributed by atoms with E-state index in [0.717, 1.165) is 24.9 Å². The number of ether oxygens (including phenoxy) is 3. The number of ketones is 2. The zero-order valence-corrected chi connectivity index (χ0v) is 17.2. The number of esters is 1. The molecule has 0 fully saturated rings. The number of methoxy groups -OCH3 is 1. The number of nitrogens with zero attached hydrogens (tertiary/aromatic N) is 1. The van der Waals surface area contributed by atoms with Gasteiger partial charge in [-0.25, -0.2) is 9.59 Å². The number of carbonyl (C=O) groups excluding carboxylic acids is 4. The number of allylic oxidation sites excluding steroid dienone is 2. The van der Waals surface area contributed by atoms with Crippen LogP contribution in [0.5, 0.6) is 5.75 Å². The van der Waals surface area contributed by atoms with Gasteiger partial charge in [0.05, 0.1) is 12.0 Å². The monoisotopic (exact) mass is 446 g/mol. The Hall–Kier alpha value is -3.44. The van der Waals surface area contributed by atoms with Crippen molar-refractivity contribution in [3.05, 3.63) is 58.3 Å². The number of Topliss-reactive ketones (excluding diaryl/α,β-unsaturated/α-hetero) is 1. The Balaban J connectivity index is 1.39. The molecule has 31 heavy (non-hydrogen) atoms. The predicted octanol–water partition coefficient (Wildman–Crippen LogP) is 2.61. The van der Waals surface area contributed by atoms with E-state index < -0.39 is 23.6 Å². The SMILES string of the molecule is COC(=O)c1noc2c1C(=O)C(SCCCOCNC(=O)Oc1ccccc1)=CC2=O. The summed E-state index contributed by atoms with van der Waals surface area (Å²) < 4.78 is 19.7. The van der Waals surface area contributed by atoms with Crippen LogP contribution in [0.25, 0.3) is 0 Å². The maximum Gasteiger partial charge on any atom is 0.414 e. The van der Waals surface area contributed by atoms with Gasteiger partial charge in [0.25, 0.3) is 0 Å². The number of para-hydroxylation sites is 1. The number of rotatable bonds is 9. The minimum absolute atomic E-state index is 0.0387. The predicted molar refractivity (Wildman–Crippen MR) is 108 cm³/mol. The molecule has 0 aliphatic heterocycles. The second kappa shape index (κ2) is 10.5. The second-order valence-corrected chi connectivity index (χ2v) is 7.20. The van der Waals surface area contributed by atoms with Gasteiger partial charge in [-0.05, 0) is 18.6 Å².